The first kappa shape index (κ1) is 15.2. The van der Waals surface area contributed by atoms with Gasteiger partial charge in [-0.1, -0.05) is 6.07 Å². The van der Waals surface area contributed by atoms with Crippen LogP contribution in [0.4, 0.5) is 5.69 Å². The second kappa shape index (κ2) is 7.53. The molecule has 0 unspecified atom stereocenters. The number of pyridine rings is 1. The van der Waals surface area contributed by atoms with E-state index in [9.17, 15) is 9.59 Å². The summed E-state index contributed by atoms with van der Waals surface area (Å²) in [5.74, 6) is -0.829. The van der Waals surface area contributed by atoms with E-state index >= 15 is 0 Å². The second-order valence-corrected chi connectivity index (χ2v) is 4.37. The van der Waals surface area contributed by atoms with Crippen molar-refractivity contribution < 1.29 is 9.59 Å². The quantitative estimate of drug-likeness (QED) is 0.539. The molecule has 0 aliphatic rings. The van der Waals surface area contributed by atoms with Gasteiger partial charge in [0.15, 0.2) is 0 Å². The van der Waals surface area contributed by atoms with Crippen molar-refractivity contribution in [1.82, 2.24) is 10.4 Å². The maximum Gasteiger partial charge on any atom is 0.259 e. The molecule has 0 radical (unpaired) electrons. The van der Waals surface area contributed by atoms with Gasteiger partial charge >= 0.3 is 0 Å². The minimum Gasteiger partial charge on any atom is -0.376 e. The summed E-state index contributed by atoms with van der Waals surface area (Å²) in [6.45, 7) is 0.0237. The molecule has 0 spiro atoms. The number of nitrogens with two attached hydrogens (primary N) is 1. The van der Waals surface area contributed by atoms with Crippen LogP contribution in [0.5, 0.6) is 0 Å². The van der Waals surface area contributed by atoms with Crippen LogP contribution in [0.3, 0.4) is 0 Å². The van der Waals surface area contributed by atoms with E-state index in [1.54, 1.807) is 48.8 Å². The normalized spacial score (nSPS) is 10.4. The number of nitrogens with zero attached hydrogens (tertiary/aromatic N) is 2. The largest absolute Gasteiger partial charge is 0.376 e. The van der Waals surface area contributed by atoms with Crippen molar-refractivity contribution in [2.45, 2.75) is 0 Å². The van der Waals surface area contributed by atoms with Crippen molar-refractivity contribution in [3.63, 3.8) is 0 Å². The van der Waals surface area contributed by atoms with Crippen LogP contribution < -0.4 is 16.5 Å². The van der Waals surface area contributed by atoms with E-state index < -0.39 is 5.91 Å². The summed E-state index contributed by atoms with van der Waals surface area (Å²) >= 11 is 0. The highest BCUT2D eigenvalue weighted by molar-refractivity contribution is 5.94. The molecule has 0 aliphatic heterocycles. The van der Waals surface area contributed by atoms with Crippen molar-refractivity contribution in [3.05, 3.63) is 59.9 Å². The molecule has 112 valence electrons. The van der Waals surface area contributed by atoms with Gasteiger partial charge in [0.1, 0.15) is 0 Å². The lowest BCUT2D eigenvalue weighted by Crippen LogP contribution is -2.26. The second-order valence-electron chi connectivity index (χ2n) is 4.37. The topological polar surface area (TPSA) is 109 Å². The molecule has 0 bridgehead atoms. The SMILES string of the molecule is NC(=O)c1cccc(NCC(=O)NN=Cc2ccncc2)c1. The zero-order valence-corrected chi connectivity index (χ0v) is 11.7. The fraction of sp³-hybridized carbons (Fsp3) is 0.0667. The Labute approximate surface area is 127 Å². The number of amides is 2. The standard InChI is InChI=1S/C15H15N5O2/c16-15(22)12-2-1-3-13(8-12)18-10-14(21)20-19-9-11-4-6-17-7-5-11/h1-9,18H,10H2,(H2,16,22)(H,20,21). The Balaban J connectivity index is 1.82. The van der Waals surface area contributed by atoms with Gasteiger partial charge in [0.25, 0.3) is 5.91 Å². The number of anilines is 1. The molecule has 1 heterocycles. The number of nitrogens with one attached hydrogen (secondary N) is 2. The first-order valence-corrected chi connectivity index (χ1v) is 6.51. The van der Waals surface area contributed by atoms with Crippen LogP contribution in [0.1, 0.15) is 15.9 Å². The average Bonchev–Trinajstić information content (AvgIpc) is 2.54. The van der Waals surface area contributed by atoms with Gasteiger partial charge in [0.2, 0.25) is 5.91 Å². The molecule has 1 aromatic heterocycles. The smallest absolute Gasteiger partial charge is 0.259 e. The number of hydrogen-bond donors (Lipinski definition) is 3. The third-order valence-corrected chi connectivity index (χ3v) is 2.71. The van der Waals surface area contributed by atoms with Gasteiger partial charge in [-0.2, -0.15) is 5.10 Å². The van der Waals surface area contributed by atoms with Crippen molar-refractivity contribution in [1.29, 1.82) is 0 Å². The van der Waals surface area contributed by atoms with Crippen molar-refractivity contribution in [3.8, 4) is 0 Å². The number of hydrogen-bond acceptors (Lipinski definition) is 5. The first-order chi connectivity index (χ1) is 10.6. The molecule has 2 amide bonds. The Morgan fingerprint density at radius 1 is 1.23 bits per heavy atom. The van der Waals surface area contributed by atoms with Gasteiger partial charge < -0.3 is 11.1 Å². The molecule has 7 heteroatoms. The lowest BCUT2D eigenvalue weighted by Gasteiger charge is -2.06. The molecule has 2 aromatic rings. The van der Waals surface area contributed by atoms with Crippen LogP contribution in [0.25, 0.3) is 0 Å². The minimum atomic E-state index is -0.518. The summed E-state index contributed by atoms with van der Waals surface area (Å²) in [4.78, 5) is 26.6. The molecule has 1 aromatic carbocycles. The summed E-state index contributed by atoms with van der Waals surface area (Å²) < 4.78 is 0. The van der Waals surface area contributed by atoms with E-state index in [4.69, 9.17) is 5.73 Å². The predicted molar refractivity (Wildman–Crippen MR) is 83.4 cm³/mol. The highest BCUT2D eigenvalue weighted by Crippen LogP contribution is 2.09. The number of carbonyl (C=O) groups is 2. The number of aromatic nitrogens is 1. The number of rotatable bonds is 6. The molecule has 4 N–H and O–H groups in total. The molecular weight excluding hydrogens is 282 g/mol. The monoisotopic (exact) mass is 297 g/mol. The van der Waals surface area contributed by atoms with Crippen LogP contribution in [-0.4, -0.2) is 29.6 Å². The summed E-state index contributed by atoms with van der Waals surface area (Å²) in [6, 6.07) is 10.1. The molecule has 0 aliphatic carbocycles. The fourth-order valence-electron chi connectivity index (χ4n) is 1.63. The number of hydrazone groups is 1. The van der Waals surface area contributed by atoms with E-state index in [-0.39, 0.29) is 12.5 Å². The molecule has 22 heavy (non-hydrogen) atoms. The fourth-order valence-corrected chi connectivity index (χ4v) is 1.63. The van der Waals surface area contributed by atoms with Gasteiger partial charge in [0.05, 0.1) is 12.8 Å². The Morgan fingerprint density at radius 3 is 2.73 bits per heavy atom. The van der Waals surface area contributed by atoms with Crippen LogP contribution in [-0.2, 0) is 4.79 Å². The third kappa shape index (κ3) is 4.71. The van der Waals surface area contributed by atoms with E-state index in [0.717, 1.165) is 5.56 Å². The molecule has 0 fully saturated rings. The zero-order valence-electron chi connectivity index (χ0n) is 11.7. The summed E-state index contributed by atoms with van der Waals surface area (Å²) in [5, 5.41) is 6.72. The minimum absolute atomic E-state index is 0.0237. The highest BCUT2D eigenvalue weighted by atomic mass is 16.2. The lowest BCUT2D eigenvalue weighted by molar-refractivity contribution is -0.119. The van der Waals surface area contributed by atoms with E-state index in [1.165, 1.54) is 6.21 Å². The van der Waals surface area contributed by atoms with Gasteiger partial charge in [0, 0.05) is 23.6 Å². The van der Waals surface area contributed by atoms with Gasteiger partial charge in [-0.05, 0) is 35.9 Å². The Bertz CT molecular complexity index is 685. The average molecular weight is 297 g/mol. The molecule has 2 rings (SSSR count). The van der Waals surface area contributed by atoms with E-state index in [0.29, 0.717) is 11.3 Å². The molecule has 0 atom stereocenters. The van der Waals surface area contributed by atoms with E-state index in [2.05, 4.69) is 20.8 Å². The predicted octanol–water partition coefficient (Wildman–Crippen LogP) is 0.743. The molecule has 0 saturated carbocycles. The van der Waals surface area contributed by atoms with Gasteiger partial charge in [-0.25, -0.2) is 5.43 Å². The van der Waals surface area contributed by atoms with Crippen LogP contribution in [0.2, 0.25) is 0 Å². The highest BCUT2D eigenvalue weighted by Gasteiger charge is 2.03. The van der Waals surface area contributed by atoms with Crippen LogP contribution in [0, 0.1) is 0 Å². The van der Waals surface area contributed by atoms with Crippen LogP contribution >= 0.6 is 0 Å². The summed E-state index contributed by atoms with van der Waals surface area (Å²) in [5.41, 5.74) is 9.42. The Morgan fingerprint density at radius 2 is 2.00 bits per heavy atom. The van der Waals surface area contributed by atoms with Crippen molar-refractivity contribution in [2.24, 2.45) is 10.8 Å². The Hall–Kier alpha value is -3.22. The van der Waals surface area contributed by atoms with E-state index in [1.807, 2.05) is 0 Å². The third-order valence-electron chi connectivity index (χ3n) is 2.71. The maximum atomic E-state index is 11.6. The molecular formula is C15H15N5O2. The first-order valence-electron chi connectivity index (χ1n) is 6.51. The number of benzene rings is 1. The maximum absolute atomic E-state index is 11.6. The van der Waals surface area contributed by atoms with Crippen molar-refractivity contribution in [2.75, 3.05) is 11.9 Å². The van der Waals surface area contributed by atoms with Gasteiger partial charge in [-0.15, -0.1) is 0 Å². The number of carbonyl (C=O) groups excluding carboxylic acids is 2. The van der Waals surface area contributed by atoms with Crippen molar-refractivity contribution >= 4 is 23.7 Å². The van der Waals surface area contributed by atoms with Gasteiger partial charge in [-0.3, -0.25) is 14.6 Å². The molecule has 0 saturated heterocycles. The lowest BCUT2D eigenvalue weighted by atomic mass is 10.2. The summed E-state index contributed by atoms with van der Waals surface area (Å²) in [6.07, 6.45) is 4.79. The number of primary amides is 1. The zero-order chi connectivity index (χ0) is 15.8. The Kier molecular flexibility index (Phi) is 5.20. The van der Waals surface area contributed by atoms with Crippen LogP contribution in [0.15, 0.2) is 53.9 Å². The molecule has 7 nitrogen and oxygen atoms in total. The summed E-state index contributed by atoms with van der Waals surface area (Å²) in [7, 11) is 0.